The molecular weight excluding hydrogens is 701 g/mol. The summed E-state index contributed by atoms with van der Waals surface area (Å²) in [6, 6.07) is 0. The molecule has 1 unspecified atom stereocenters. The summed E-state index contributed by atoms with van der Waals surface area (Å²) in [4.78, 5) is 37.5. The molecule has 2 atom stereocenters. The van der Waals surface area contributed by atoms with Crippen molar-refractivity contribution < 1.29 is 42.1 Å². The molecule has 0 aliphatic carbocycles. The number of quaternary nitrogens is 1. The van der Waals surface area contributed by atoms with E-state index in [2.05, 4.69) is 38.2 Å². The lowest BCUT2D eigenvalue weighted by molar-refractivity contribution is -0.870. The first-order valence-electron chi connectivity index (χ1n) is 22.0. The summed E-state index contributed by atoms with van der Waals surface area (Å²) in [5, 5.41) is 0. The summed E-state index contributed by atoms with van der Waals surface area (Å²) in [5.41, 5.74) is 0. The van der Waals surface area contributed by atoms with Crippen LogP contribution < -0.4 is 4.89 Å². The van der Waals surface area contributed by atoms with Crippen molar-refractivity contribution in [1.82, 2.24) is 0 Å². The monoisotopic (exact) mass is 786 g/mol. The molecule has 0 aliphatic rings. The molecule has 10 heteroatoms. The number of likely N-dealkylation sites (N-methyl/N-ethyl adjacent to an activating group) is 1. The molecule has 0 radical (unpaired) electrons. The molecule has 0 aromatic carbocycles. The number of esters is 2. The number of allylic oxidation sites excluding steroid dienone is 4. The van der Waals surface area contributed by atoms with E-state index in [0.717, 1.165) is 57.8 Å². The van der Waals surface area contributed by atoms with E-state index in [4.69, 9.17) is 18.5 Å². The van der Waals surface area contributed by atoms with Gasteiger partial charge < -0.3 is 27.9 Å². The molecule has 9 nitrogen and oxygen atoms in total. The zero-order chi connectivity index (χ0) is 40.0. The van der Waals surface area contributed by atoms with Crippen molar-refractivity contribution in [3.63, 3.8) is 0 Å². The molecule has 0 saturated heterocycles. The number of unbranched alkanes of at least 4 members (excludes halogenated alkanes) is 22. The van der Waals surface area contributed by atoms with Crippen LogP contribution in [0.5, 0.6) is 0 Å². The average molecular weight is 786 g/mol. The second kappa shape index (κ2) is 37.1. The summed E-state index contributed by atoms with van der Waals surface area (Å²) >= 11 is 0. The van der Waals surface area contributed by atoms with E-state index in [1.165, 1.54) is 103 Å². The molecule has 0 rings (SSSR count). The minimum atomic E-state index is -4.62. The molecule has 0 spiro atoms. The Morgan fingerprint density at radius 3 is 1.37 bits per heavy atom. The highest BCUT2D eigenvalue weighted by Crippen LogP contribution is 2.38. The fourth-order valence-corrected chi connectivity index (χ4v) is 6.67. The molecule has 318 valence electrons. The van der Waals surface area contributed by atoms with Crippen LogP contribution in [0.2, 0.25) is 0 Å². The third-order valence-electron chi connectivity index (χ3n) is 9.44. The molecule has 0 saturated carbocycles. The van der Waals surface area contributed by atoms with Crippen LogP contribution in [0.15, 0.2) is 24.3 Å². The third-order valence-corrected chi connectivity index (χ3v) is 10.4. The first kappa shape index (κ1) is 52.5. The van der Waals surface area contributed by atoms with Gasteiger partial charge >= 0.3 is 11.9 Å². The van der Waals surface area contributed by atoms with Crippen LogP contribution in [0.3, 0.4) is 0 Å². The van der Waals surface area contributed by atoms with E-state index < -0.39 is 32.5 Å². The predicted molar refractivity (Wildman–Crippen MR) is 222 cm³/mol. The van der Waals surface area contributed by atoms with E-state index in [-0.39, 0.29) is 26.1 Å². The summed E-state index contributed by atoms with van der Waals surface area (Å²) in [5.74, 6) is -0.843. The van der Waals surface area contributed by atoms with Gasteiger partial charge in [-0.3, -0.25) is 14.2 Å². The minimum Gasteiger partial charge on any atom is -0.756 e. The second-order valence-electron chi connectivity index (χ2n) is 16.1. The summed E-state index contributed by atoms with van der Waals surface area (Å²) in [6.45, 7) is 4.19. The number of rotatable bonds is 40. The van der Waals surface area contributed by atoms with Gasteiger partial charge in [-0.15, -0.1) is 0 Å². The number of nitrogens with zero attached hydrogens (tertiary/aromatic N) is 1. The van der Waals surface area contributed by atoms with Crippen LogP contribution in [0.1, 0.15) is 194 Å². The van der Waals surface area contributed by atoms with Gasteiger partial charge in [-0.1, -0.05) is 141 Å². The Balaban J connectivity index is 4.35. The van der Waals surface area contributed by atoms with Crippen molar-refractivity contribution in [3.8, 4) is 0 Å². The van der Waals surface area contributed by atoms with Crippen molar-refractivity contribution in [2.24, 2.45) is 0 Å². The molecule has 0 aromatic heterocycles. The molecule has 0 amide bonds. The maximum Gasteiger partial charge on any atom is 0.306 e. The van der Waals surface area contributed by atoms with E-state index in [1.54, 1.807) is 0 Å². The van der Waals surface area contributed by atoms with Crippen LogP contribution >= 0.6 is 7.82 Å². The smallest absolute Gasteiger partial charge is 0.306 e. The maximum atomic E-state index is 12.7. The molecule has 0 aromatic rings. The van der Waals surface area contributed by atoms with Crippen LogP contribution in [0.25, 0.3) is 0 Å². The fraction of sp³-hybridized carbons (Fsp3) is 0.864. The zero-order valence-electron chi connectivity index (χ0n) is 35.7. The number of phosphoric ester groups is 1. The highest BCUT2D eigenvalue weighted by molar-refractivity contribution is 7.45. The molecule has 0 bridgehead atoms. The van der Waals surface area contributed by atoms with Crippen molar-refractivity contribution in [2.75, 3.05) is 47.5 Å². The van der Waals surface area contributed by atoms with Crippen LogP contribution in [0.4, 0.5) is 0 Å². The Morgan fingerprint density at radius 2 is 0.944 bits per heavy atom. The van der Waals surface area contributed by atoms with Gasteiger partial charge in [-0.05, 0) is 64.2 Å². The van der Waals surface area contributed by atoms with E-state index >= 15 is 0 Å². The predicted octanol–water partition coefficient (Wildman–Crippen LogP) is 11.7. The van der Waals surface area contributed by atoms with E-state index in [1.807, 2.05) is 21.1 Å². The lowest BCUT2D eigenvalue weighted by atomic mass is 10.1. The summed E-state index contributed by atoms with van der Waals surface area (Å²) < 4.78 is 33.9. The lowest BCUT2D eigenvalue weighted by Gasteiger charge is -2.28. The number of carbonyl (C=O) groups excluding carboxylic acids is 2. The lowest BCUT2D eigenvalue weighted by Crippen LogP contribution is -2.37. The van der Waals surface area contributed by atoms with Gasteiger partial charge in [0.15, 0.2) is 6.10 Å². The van der Waals surface area contributed by atoms with Crippen LogP contribution in [-0.4, -0.2) is 70.0 Å². The number of hydrogen-bond donors (Lipinski definition) is 0. The van der Waals surface area contributed by atoms with Crippen molar-refractivity contribution in [3.05, 3.63) is 24.3 Å². The fourth-order valence-electron chi connectivity index (χ4n) is 5.94. The van der Waals surface area contributed by atoms with Gasteiger partial charge in [-0.25, -0.2) is 0 Å². The summed E-state index contributed by atoms with van der Waals surface area (Å²) in [7, 11) is 1.16. The Morgan fingerprint density at radius 1 is 0.556 bits per heavy atom. The highest BCUT2D eigenvalue weighted by Gasteiger charge is 2.21. The highest BCUT2D eigenvalue weighted by atomic mass is 31.2. The largest absolute Gasteiger partial charge is 0.756 e. The minimum absolute atomic E-state index is 0.0313. The normalized spacial score (nSPS) is 13.8. The van der Waals surface area contributed by atoms with Crippen molar-refractivity contribution in [2.45, 2.75) is 200 Å². The Hall–Kier alpha value is -1.51. The number of ether oxygens (including phenoxy) is 2. The topological polar surface area (TPSA) is 111 Å². The van der Waals surface area contributed by atoms with Gasteiger partial charge in [0.1, 0.15) is 19.8 Å². The number of hydrogen-bond acceptors (Lipinski definition) is 8. The van der Waals surface area contributed by atoms with E-state index in [9.17, 15) is 19.0 Å². The van der Waals surface area contributed by atoms with Crippen LogP contribution in [-0.2, 0) is 32.7 Å². The molecule has 0 heterocycles. The van der Waals surface area contributed by atoms with E-state index in [0.29, 0.717) is 17.4 Å². The third kappa shape index (κ3) is 40.2. The summed E-state index contributed by atoms with van der Waals surface area (Å²) in [6.07, 6.45) is 39.1. The van der Waals surface area contributed by atoms with Gasteiger partial charge in [-0.2, -0.15) is 0 Å². The second-order valence-corrected chi connectivity index (χ2v) is 17.5. The SMILES string of the molecule is CCCCCC/C=C/CCCCCCCCCCCC(=O)O[C@H](COC(=O)CCCCCCC/C=C/CCCCCC)COP(=O)([O-])OCC[N+](C)(C)C. The molecule has 0 aliphatic heterocycles. The van der Waals surface area contributed by atoms with Gasteiger partial charge in [0.2, 0.25) is 0 Å². The zero-order valence-corrected chi connectivity index (χ0v) is 36.6. The quantitative estimate of drug-likeness (QED) is 0.0198. The van der Waals surface area contributed by atoms with Crippen molar-refractivity contribution >= 4 is 19.8 Å². The number of carbonyl (C=O) groups is 2. The van der Waals surface area contributed by atoms with Gasteiger partial charge in [0.05, 0.1) is 27.7 Å². The molecule has 54 heavy (non-hydrogen) atoms. The molecule has 0 N–H and O–H groups in total. The molecule has 0 fully saturated rings. The number of phosphoric acid groups is 1. The maximum absolute atomic E-state index is 12.7. The first-order chi connectivity index (χ1) is 26.0. The Kier molecular flexibility index (Phi) is 36.1. The first-order valence-corrected chi connectivity index (χ1v) is 23.5. The average Bonchev–Trinajstić information content (AvgIpc) is 3.12. The van der Waals surface area contributed by atoms with Gasteiger partial charge in [0, 0.05) is 12.8 Å². The Bertz CT molecular complexity index is 980. The Labute approximate surface area is 332 Å². The van der Waals surface area contributed by atoms with Crippen LogP contribution in [0, 0.1) is 0 Å². The van der Waals surface area contributed by atoms with Crippen molar-refractivity contribution in [1.29, 1.82) is 0 Å². The van der Waals surface area contributed by atoms with Gasteiger partial charge in [0.25, 0.3) is 7.82 Å². The molecular formula is C44H84NO8P. The standard InChI is InChI=1S/C44H84NO8P/c1-6-8-10-12-14-16-18-20-21-22-23-25-27-29-31-33-35-37-44(47)53-42(41-52-54(48,49)51-39-38-45(3,4)5)40-50-43(46)36-34-32-30-28-26-24-19-17-15-13-11-9-7-2/h16-19,42H,6-15,20-41H2,1-5H3/b18-16+,19-17+/t42-/m1/s1.